The number of aromatic amines is 1. The van der Waals surface area contributed by atoms with Crippen LogP contribution in [0.4, 0.5) is 0 Å². The van der Waals surface area contributed by atoms with E-state index in [1.165, 1.54) is 0 Å². The highest BCUT2D eigenvalue weighted by Crippen LogP contribution is 2.12. The summed E-state index contributed by atoms with van der Waals surface area (Å²) in [5, 5.41) is 6.64. The van der Waals surface area contributed by atoms with Gasteiger partial charge in [0.05, 0.1) is 0 Å². The van der Waals surface area contributed by atoms with Crippen molar-refractivity contribution in [3.8, 4) is 11.4 Å². The molecule has 0 aliphatic heterocycles. The first-order valence-corrected chi connectivity index (χ1v) is 3.66. The fraction of sp³-hybridized carbons (Fsp3) is 0. The van der Waals surface area contributed by atoms with Gasteiger partial charge in [-0.2, -0.15) is 5.10 Å². The molecule has 3 heteroatoms. The van der Waals surface area contributed by atoms with E-state index in [1.54, 1.807) is 0 Å². The van der Waals surface area contributed by atoms with E-state index in [-0.39, 0.29) is 0 Å². The maximum atomic E-state index is 4.10. The fourth-order valence-electron chi connectivity index (χ4n) is 1.02. The highest BCUT2D eigenvalue weighted by atomic mass is 15.2. The average Bonchev–Trinajstić information content (AvgIpc) is 2.54. The van der Waals surface area contributed by atoms with Crippen molar-refractivity contribution in [1.82, 2.24) is 15.2 Å². The normalized spacial score (nSPS) is 10.1. The Morgan fingerprint density at radius 2 is 1.92 bits per heavy atom. The van der Waals surface area contributed by atoms with Crippen molar-refractivity contribution in [1.29, 1.82) is 0 Å². The SMILES string of the molecule is [CH2]c1n[nH]c(-c2ccccc2)n1. The van der Waals surface area contributed by atoms with Crippen LogP contribution in [0.2, 0.25) is 0 Å². The molecule has 0 saturated heterocycles. The summed E-state index contributed by atoms with van der Waals surface area (Å²) < 4.78 is 0. The van der Waals surface area contributed by atoms with E-state index in [0.29, 0.717) is 5.82 Å². The number of rotatable bonds is 1. The van der Waals surface area contributed by atoms with Gasteiger partial charge in [0, 0.05) is 12.5 Å². The van der Waals surface area contributed by atoms with Crippen LogP contribution < -0.4 is 0 Å². The summed E-state index contributed by atoms with van der Waals surface area (Å²) in [4.78, 5) is 4.10. The predicted octanol–water partition coefficient (Wildman–Crippen LogP) is 1.65. The van der Waals surface area contributed by atoms with Crippen molar-refractivity contribution < 1.29 is 0 Å². The predicted molar refractivity (Wildman–Crippen MR) is 46.3 cm³/mol. The summed E-state index contributed by atoms with van der Waals surface area (Å²) in [5.74, 6) is 1.29. The third-order valence-electron chi connectivity index (χ3n) is 1.58. The monoisotopic (exact) mass is 158 g/mol. The van der Waals surface area contributed by atoms with Crippen LogP contribution in [0, 0.1) is 6.92 Å². The Balaban J connectivity index is 2.45. The molecule has 59 valence electrons. The van der Waals surface area contributed by atoms with Gasteiger partial charge in [-0.05, 0) is 0 Å². The second kappa shape index (κ2) is 2.77. The van der Waals surface area contributed by atoms with Gasteiger partial charge in [0.15, 0.2) is 11.6 Å². The molecule has 0 bridgehead atoms. The van der Waals surface area contributed by atoms with E-state index in [0.717, 1.165) is 11.4 Å². The Morgan fingerprint density at radius 3 is 2.50 bits per heavy atom. The Labute approximate surface area is 70.5 Å². The molecule has 12 heavy (non-hydrogen) atoms. The summed E-state index contributed by atoms with van der Waals surface area (Å²) >= 11 is 0. The van der Waals surface area contributed by atoms with Crippen molar-refractivity contribution in [2.24, 2.45) is 0 Å². The smallest absolute Gasteiger partial charge is 0.155 e. The zero-order valence-corrected chi connectivity index (χ0v) is 6.49. The van der Waals surface area contributed by atoms with Crippen molar-refractivity contribution in [3.05, 3.63) is 43.1 Å². The molecular weight excluding hydrogens is 150 g/mol. The summed E-state index contributed by atoms with van der Waals surface area (Å²) in [6.07, 6.45) is 0. The molecule has 0 saturated carbocycles. The largest absolute Gasteiger partial charge is 0.259 e. The van der Waals surface area contributed by atoms with E-state index in [2.05, 4.69) is 22.1 Å². The average molecular weight is 158 g/mol. The zero-order chi connectivity index (χ0) is 8.39. The minimum Gasteiger partial charge on any atom is -0.259 e. The van der Waals surface area contributed by atoms with Crippen molar-refractivity contribution in [2.45, 2.75) is 0 Å². The lowest BCUT2D eigenvalue weighted by Gasteiger charge is -1.91. The van der Waals surface area contributed by atoms with Crippen LogP contribution in [0.25, 0.3) is 11.4 Å². The zero-order valence-electron chi connectivity index (χ0n) is 6.49. The minimum absolute atomic E-state index is 0.522. The molecule has 0 atom stereocenters. The summed E-state index contributed by atoms with van der Waals surface area (Å²) in [6, 6.07) is 9.83. The summed E-state index contributed by atoms with van der Waals surface area (Å²) in [5.41, 5.74) is 1.03. The van der Waals surface area contributed by atoms with Gasteiger partial charge < -0.3 is 0 Å². The molecular formula is C9H8N3. The number of H-pyrrole nitrogens is 1. The molecule has 0 aliphatic rings. The van der Waals surface area contributed by atoms with Crippen molar-refractivity contribution in [3.63, 3.8) is 0 Å². The third-order valence-corrected chi connectivity index (χ3v) is 1.58. The lowest BCUT2D eigenvalue weighted by molar-refractivity contribution is 1.07. The van der Waals surface area contributed by atoms with Gasteiger partial charge >= 0.3 is 0 Å². The molecule has 1 aromatic carbocycles. The van der Waals surface area contributed by atoms with Gasteiger partial charge in [0.2, 0.25) is 0 Å². The molecule has 2 rings (SSSR count). The Morgan fingerprint density at radius 1 is 1.17 bits per heavy atom. The first-order chi connectivity index (χ1) is 5.86. The standard InChI is InChI=1S/C9H8N3/c1-7-10-9(12-11-7)8-5-3-2-4-6-8/h2-6H,1H2,(H,10,11,12). The van der Waals surface area contributed by atoms with Gasteiger partial charge in [-0.3, -0.25) is 5.10 Å². The second-order valence-electron chi connectivity index (χ2n) is 2.47. The first-order valence-electron chi connectivity index (χ1n) is 3.66. The molecule has 0 fully saturated rings. The molecule has 1 heterocycles. The molecule has 0 unspecified atom stereocenters. The molecule has 1 N–H and O–H groups in total. The Kier molecular flexibility index (Phi) is 1.63. The van der Waals surface area contributed by atoms with Crippen LogP contribution in [0.5, 0.6) is 0 Å². The topological polar surface area (TPSA) is 41.6 Å². The Hall–Kier alpha value is -1.64. The maximum Gasteiger partial charge on any atom is 0.155 e. The summed E-state index contributed by atoms with van der Waals surface area (Å²) in [6.45, 7) is 3.61. The van der Waals surface area contributed by atoms with Crippen molar-refractivity contribution in [2.75, 3.05) is 0 Å². The van der Waals surface area contributed by atoms with E-state index in [1.807, 2.05) is 30.3 Å². The van der Waals surface area contributed by atoms with Gasteiger partial charge in [-0.25, -0.2) is 4.98 Å². The quantitative estimate of drug-likeness (QED) is 0.685. The number of nitrogens with one attached hydrogen (secondary N) is 1. The fourth-order valence-corrected chi connectivity index (χ4v) is 1.02. The van der Waals surface area contributed by atoms with Crippen LogP contribution in [-0.4, -0.2) is 15.2 Å². The number of benzene rings is 1. The maximum absolute atomic E-state index is 4.10. The van der Waals surface area contributed by atoms with Crippen LogP contribution >= 0.6 is 0 Å². The molecule has 1 radical (unpaired) electrons. The highest BCUT2D eigenvalue weighted by molar-refractivity contribution is 5.53. The van der Waals surface area contributed by atoms with Gasteiger partial charge in [0.1, 0.15) is 0 Å². The number of hydrogen-bond acceptors (Lipinski definition) is 2. The number of nitrogens with zero attached hydrogens (tertiary/aromatic N) is 2. The van der Waals surface area contributed by atoms with E-state index in [9.17, 15) is 0 Å². The molecule has 0 aliphatic carbocycles. The lowest BCUT2D eigenvalue weighted by Crippen LogP contribution is -1.78. The first kappa shape index (κ1) is 7.03. The highest BCUT2D eigenvalue weighted by Gasteiger charge is 1.99. The molecule has 1 aromatic heterocycles. The lowest BCUT2D eigenvalue weighted by atomic mass is 10.2. The molecule has 3 nitrogen and oxygen atoms in total. The molecule has 0 spiro atoms. The minimum atomic E-state index is 0.522. The number of hydrogen-bond donors (Lipinski definition) is 1. The van der Waals surface area contributed by atoms with Crippen LogP contribution in [0.3, 0.4) is 0 Å². The van der Waals surface area contributed by atoms with Gasteiger partial charge in [-0.15, -0.1) is 0 Å². The Bertz CT molecular complexity index is 364. The van der Waals surface area contributed by atoms with E-state index in [4.69, 9.17) is 0 Å². The van der Waals surface area contributed by atoms with Gasteiger partial charge in [0.25, 0.3) is 0 Å². The molecule has 0 amide bonds. The van der Waals surface area contributed by atoms with Crippen LogP contribution in [-0.2, 0) is 0 Å². The van der Waals surface area contributed by atoms with E-state index >= 15 is 0 Å². The van der Waals surface area contributed by atoms with Crippen LogP contribution in [0.15, 0.2) is 30.3 Å². The third kappa shape index (κ3) is 1.21. The van der Waals surface area contributed by atoms with Gasteiger partial charge in [-0.1, -0.05) is 30.3 Å². The van der Waals surface area contributed by atoms with Crippen molar-refractivity contribution >= 4 is 0 Å². The summed E-state index contributed by atoms with van der Waals surface area (Å²) in [7, 11) is 0. The number of aromatic nitrogens is 3. The van der Waals surface area contributed by atoms with Crippen LogP contribution in [0.1, 0.15) is 5.82 Å². The molecule has 2 aromatic rings. The second-order valence-corrected chi connectivity index (χ2v) is 2.47. The van der Waals surface area contributed by atoms with E-state index < -0.39 is 0 Å².